The first-order valence-corrected chi connectivity index (χ1v) is 6.69. The largest absolute Gasteiger partial charge is 0.471 e. The van der Waals surface area contributed by atoms with Crippen molar-refractivity contribution in [2.45, 2.75) is 13.1 Å². The molecule has 0 aliphatic rings. The Bertz CT molecular complexity index is 10.8. The smallest absolute Gasteiger partial charge is 0.129 e. The van der Waals surface area contributed by atoms with Crippen molar-refractivity contribution in [1.82, 2.24) is 0 Å². The average molecular weight is 138 g/mol. The van der Waals surface area contributed by atoms with Crippen LogP contribution in [0.1, 0.15) is 0 Å². The van der Waals surface area contributed by atoms with Gasteiger partial charge in [0.2, 0.25) is 0 Å². The van der Waals surface area contributed by atoms with Gasteiger partial charge in [-0.05, 0) is 0 Å². The summed E-state index contributed by atoms with van der Waals surface area (Å²) in [5, 5.41) is 0. The van der Waals surface area contributed by atoms with Crippen molar-refractivity contribution in [3.63, 3.8) is 0 Å². The van der Waals surface area contributed by atoms with Crippen molar-refractivity contribution in [1.29, 1.82) is 0 Å². The molecule has 0 saturated heterocycles. The van der Waals surface area contributed by atoms with E-state index in [9.17, 15) is 0 Å². The van der Waals surface area contributed by atoms with Gasteiger partial charge in [-0.1, -0.05) is 13.1 Å². The second kappa shape index (κ2) is 17.5. The van der Waals surface area contributed by atoms with Crippen LogP contribution in [0.5, 0.6) is 0 Å². The third-order valence-electron chi connectivity index (χ3n) is 0. The number of hydrogen-bond donors (Lipinski definition) is 0. The molecule has 4 heteroatoms. The molecule has 0 radical (unpaired) electrons. The van der Waals surface area contributed by atoms with Crippen LogP contribution in [0.25, 0.3) is 0 Å². The number of rotatable bonds is 0. The van der Waals surface area contributed by atoms with E-state index in [1.807, 2.05) is 0 Å². The summed E-state index contributed by atoms with van der Waals surface area (Å²) in [6.07, 6.45) is 0. The first-order chi connectivity index (χ1) is 2.83. The summed E-state index contributed by atoms with van der Waals surface area (Å²) >= 11 is 0. The maximum absolute atomic E-state index is 4.53. The maximum atomic E-state index is 4.53. The first-order valence-electron chi connectivity index (χ1n) is 2.23. The zero-order chi connectivity index (χ0) is 5.41. The van der Waals surface area contributed by atoms with Gasteiger partial charge >= 0.3 is 0 Å². The summed E-state index contributed by atoms with van der Waals surface area (Å²) in [4.78, 5) is 0. The van der Waals surface area contributed by atoms with Crippen LogP contribution in [0.2, 0.25) is 13.1 Å². The van der Waals surface area contributed by atoms with Crippen LogP contribution in [-0.2, 0) is 4.12 Å². The molecule has 6 heavy (non-hydrogen) atoms. The summed E-state index contributed by atoms with van der Waals surface area (Å²) in [6.45, 7) is 4.53. The fourth-order valence-electron chi connectivity index (χ4n) is 0. The lowest BCUT2D eigenvalue weighted by molar-refractivity contribution is 0.690. The third-order valence-corrected chi connectivity index (χ3v) is 0. The Balaban J connectivity index is 0. The lowest BCUT2D eigenvalue weighted by Crippen LogP contribution is -1.65. The van der Waals surface area contributed by atoms with Crippen LogP contribution in [0.3, 0.4) is 0 Å². The van der Waals surface area contributed by atoms with E-state index in [4.69, 9.17) is 0 Å². The van der Waals surface area contributed by atoms with Crippen molar-refractivity contribution < 1.29 is 4.12 Å². The monoisotopic (exact) mass is 138 g/mol. The highest BCUT2D eigenvalue weighted by Gasteiger charge is 1.38. The van der Waals surface area contributed by atoms with Crippen LogP contribution in [0.15, 0.2) is 0 Å². The molecule has 40 valence electrons. The summed E-state index contributed by atoms with van der Waals surface area (Å²) in [7, 11) is 2.28. The van der Waals surface area contributed by atoms with Crippen LogP contribution in [0, 0.1) is 0 Å². The predicted octanol–water partition coefficient (Wildman–Crippen LogP) is -2.18. The lowest BCUT2D eigenvalue weighted by atomic mass is 11.9. The molecular formula is C2H14OSi3. The Morgan fingerprint density at radius 1 is 1.33 bits per heavy atom. The topological polar surface area (TPSA) is 9.23 Å². The van der Waals surface area contributed by atoms with Gasteiger partial charge in [0.15, 0.2) is 0 Å². The van der Waals surface area contributed by atoms with Crippen molar-refractivity contribution in [2.75, 3.05) is 0 Å². The summed E-state index contributed by atoms with van der Waals surface area (Å²) in [6, 6.07) is 0. The molecule has 0 saturated carbocycles. The second-order valence-corrected chi connectivity index (χ2v) is 5.80. The molecule has 0 heterocycles. The molecule has 0 unspecified atom stereocenters. The number of hydrogen-bond acceptors (Lipinski definition) is 1. The van der Waals surface area contributed by atoms with Crippen LogP contribution in [0.4, 0.5) is 0 Å². The highest BCUT2D eigenvalue weighted by atomic mass is 28.3. The van der Waals surface area contributed by atoms with Crippen LogP contribution >= 0.6 is 0 Å². The minimum atomic E-state index is 0.417. The molecular weight excluding hydrogens is 124 g/mol. The van der Waals surface area contributed by atoms with Gasteiger partial charge in [0.1, 0.15) is 21.0 Å². The molecule has 0 N–H and O–H groups in total. The molecule has 0 aromatic heterocycles. The lowest BCUT2D eigenvalue weighted by Gasteiger charge is -1.62. The first kappa shape index (κ1) is 9.79. The van der Waals surface area contributed by atoms with E-state index in [0.29, 0.717) is 9.52 Å². The highest BCUT2D eigenvalue weighted by molar-refractivity contribution is 6.31. The van der Waals surface area contributed by atoms with E-state index in [2.05, 4.69) is 17.2 Å². The standard InChI is InChI=1S/C2H8Si.H6OSi2/c1-3-2;2-1-3/h3H2,1-2H3;2-3H3. The van der Waals surface area contributed by atoms with Gasteiger partial charge in [-0.3, -0.25) is 0 Å². The Labute approximate surface area is 48.4 Å². The molecule has 0 aliphatic carbocycles. The zero-order valence-electron chi connectivity index (χ0n) is 5.12. The van der Waals surface area contributed by atoms with Crippen molar-refractivity contribution in [3.05, 3.63) is 0 Å². The minimum absolute atomic E-state index is 0.417. The van der Waals surface area contributed by atoms with Crippen LogP contribution in [-0.4, -0.2) is 30.5 Å². The molecule has 0 aromatic carbocycles. The van der Waals surface area contributed by atoms with E-state index in [1.54, 1.807) is 0 Å². The van der Waals surface area contributed by atoms with E-state index < -0.39 is 0 Å². The molecule has 0 amide bonds. The van der Waals surface area contributed by atoms with E-state index in [1.165, 1.54) is 0 Å². The van der Waals surface area contributed by atoms with Gasteiger partial charge in [-0.2, -0.15) is 0 Å². The van der Waals surface area contributed by atoms with Crippen LogP contribution < -0.4 is 0 Å². The fraction of sp³-hybridized carbons (Fsp3) is 1.00. The maximum Gasteiger partial charge on any atom is 0.129 e. The van der Waals surface area contributed by atoms with E-state index in [-0.39, 0.29) is 0 Å². The predicted molar refractivity (Wildman–Crippen MR) is 41.2 cm³/mol. The molecule has 1 nitrogen and oxygen atoms in total. The summed E-state index contributed by atoms with van der Waals surface area (Å²) in [5.41, 5.74) is 0. The molecule has 0 rings (SSSR count). The normalized spacial score (nSPS) is 7.00. The van der Waals surface area contributed by atoms with Gasteiger partial charge < -0.3 is 4.12 Å². The van der Waals surface area contributed by atoms with Gasteiger partial charge in [-0.25, -0.2) is 0 Å². The molecule has 0 aromatic rings. The SMILES string of the molecule is C[SiH2]C.[SiH3]O[SiH3]. The highest BCUT2D eigenvalue weighted by Crippen LogP contribution is 1.36. The Kier molecular flexibility index (Phi) is 28.6. The molecule has 0 atom stereocenters. The van der Waals surface area contributed by atoms with Gasteiger partial charge in [-0.15, -0.1) is 0 Å². The minimum Gasteiger partial charge on any atom is -0.471 e. The molecule has 0 bridgehead atoms. The van der Waals surface area contributed by atoms with Gasteiger partial charge in [0.05, 0.1) is 0 Å². The second-order valence-electron chi connectivity index (χ2n) is 1.12. The fourth-order valence-corrected chi connectivity index (χ4v) is 0. The Morgan fingerprint density at radius 3 is 1.33 bits per heavy atom. The third kappa shape index (κ3) is 161. The van der Waals surface area contributed by atoms with Crippen molar-refractivity contribution in [2.24, 2.45) is 0 Å². The molecule has 0 aliphatic heterocycles. The zero-order valence-corrected chi connectivity index (χ0v) is 10.5. The summed E-state index contributed by atoms with van der Waals surface area (Å²) < 4.78 is 4.53. The Morgan fingerprint density at radius 2 is 1.33 bits per heavy atom. The van der Waals surface area contributed by atoms with E-state index >= 15 is 0 Å². The van der Waals surface area contributed by atoms with Gasteiger partial charge in [0, 0.05) is 9.52 Å². The van der Waals surface area contributed by atoms with Crippen molar-refractivity contribution in [3.8, 4) is 0 Å². The van der Waals surface area contributed by atoms with E-state index in [0.717, 1.165) is 21.0 Å². The van der Waals surface area contributed by atoms with Crippen molar-refractivity contribution >= 4 is 30.5 Å². The molecule has 0 fully saturated rings. The Hall–Kier alpha value is 0.611. The summed E-state index contributed by atoms with van der Waals surface area (Å²) in [5.74, 6) is 0. The molecule has 0 spiro atoms. The average Bonchev–Trinajstić information content (AvgIpc) is 1.39. The van der Waals surface area contributed by atoms with Gasteiger partial charge in [0.25, 0.3) is 0 Å². The quantitative estimate of drug-likeness (QED) is 0.346.